The Hall–Kier alpha value is -0.0800. The van der Waals surface area contributed by atoms with Crippen molar-refractivity contribution in [1.82, 2.24) is 0 Å². The molecule has 2 nitrogen and oxygen atoms in total. The molecule has 0 saturated carbocycles. The summed E-state index contributed by atoms with van der Waals surface area (Å²) < 4.78 is 5.24. The van der Waals surface area contributed by atoms with Crippen LogP contribution in [0.4, 0.5) is 0 Å². The number of hydrogen-bond acceptors (Lipinski definition) is 2. The van der Waals surface area contributed by atoms with Crippen LogP contribution in [0.2, 0.25) is 0 Å². The topological polar surface area (TPSA) is 29.5 Å². The SMILES string of the molecule is [CH2]CCOCCCCCCO. The Bertz CT molecular complexity index is 56.6. The van der Waals surface area contributed by atoms with Gasteiger partial charge in [-0.1, -0.05) is 19.8 Å². The van der Waals surface area contributed by atoms with Crippen LogP contribution < -0.4 is 0 Å². The van der Waals surface area contributed by atoms with E-state index in [0.29, 0.717) is 6.61 Å². The van der Waals surface area contributed by atoms with Gasteiger partial charge in [0.1, 0.15) is 0 Å². The molecule has 0 aromatic carbocycles. The predicted octanol–water partition coefficient (Wildman–Crippen LogP) is 1.78. The number of rotatable bonds is 8. The first-order chi connectivity index (χ1) is 5.41. The molecule has 0 aromatic heterocycles. The summed E-state index contributed by atoms with van der Waals surface area (Å²) >= 11 is 0. The lowest BCUT2D eigenvalue weighted by Gasteiger charge is -2.01. The minimum Gasteiger partial charge on any atom is -0.396 e. The fraction of sp³-hybridized carbons (Fsp3) is 0.889. The van der Waals surface area contributed by atoms with Gasteiger partial charge in [-0.3, -0.25) is 0 Å². The molecule has 0 saturated heterocycles. The number of ether oxygens (including phenoxy) is 1. The Morgan fingerprint density at radius 2 is 1.73 bits per heavy atom. The summed E-state index contributed by atoms with van der Waals surface area (Å²) in [6, 6.07) is 0. The normalized spacial score (nSPS) is 10.4. The largest absolute Gasteiger partial charge is 0.396 e. The third-order valence-electron chi connectivity index (χ3n) is 1.49. The molecule has 0 bridgehead atoms. The Morgan fingerprint density at radius 3 is 2.36 bits per heavy atom. The molecule has 1 radical (unpaired) electrons. The molecule has 0 amide bonds. The van der Waals surface area contributed by atoms with E-state index in [4.69, 9.17) is 9.84 Å². The zero-order valence-electron chi connectivity index (χ0n) is 7.22. The second-order valence-corrected chi connectivity index (χ2v) is 2.60. The zero-order valence-corrected chi connectivity index (χ0v) is 7.22. The van der Waals surface area contributed by atoms with E-state index in [1.807, 2.05) is 0 Å². The van der Waals surface area contributed by atoms with Gasteiger partial charge in [0.05, 0.1) is 0 Å². The Morgan fingerprint density at radius 1 is 1.00 bits per heavy atom. The lowest BCUT2D eigenvalue weighted by Crippen LogP contribution is -1.95. The van der Waals surface area contributed by atoms with Gasteiger partial charge in [-0.15, -0.1) is 0 Å². The van der Waals surface area contributed by atoms with E-state index in [2.05, 4.69) is 6.92 Å². The van der Waals surface area contributed by atoms with Crippen LogP contribution in [0.25, 0.3) is 0 Å². The molecule has 67 valence electrons. The Balaban J connectivity index is 2.69. The van der Waals surface area contributed by atoms with E-state index in [1.54, 1.807) is 0 Å². The lowest BCUT2D eigenvalue weighted by molar-refractivity contribution is 0.133. The fourth-order valence-corrected chi connectivity index (χ4v) is 0.874. The Kier molecular flexibility index (Phi) is 9.85. The summed E-state index contributed by atoms with van der Waals surface area (Å²) in [5.41, 5.74) is 0. The molecule has 0 atom stereocenters. The zero-order chi connectivity index (χ0) is 8.36. The van der Waals surface area contributed by atoms with Crippen LogP contribution in [-0.4, -0.2) is 24.9 Å². The van der Waals surface area contributed by atoms with Crippen molar-refractivity contribution in [3.8, 4) is 0 Å². The highest BCUT2D eigenvalue weighted by Gasteiger charge is 1.88. The number of aliphatic hydroxyl groups is 1. The highest BCUT2D eigenvalue weighted by Crippen LogP contribution is 1.99. The lowest BCUT2D eigenvalue weighted by atomic mass is 10.2. The van der Waals surface area contributed by atoms with Crippen LogP contribution >= 0.6 is 0 Å². The fourth-order valence-electron chi connectivity index (χ4n) is 0.874. The van der Waals surface area contributed by atoms with Gasteiger partial charge >= 0.3 is 0 Å². The average Bonchev–Trinajstić information content (AvgIpc) is 2.03. The van der Waals surface area contributed by atoms with Crippen molar-refractivity contribution in [2.45, 2.75) is 32.1 Å². The molecule has 0 spiro atoms. The van der Waals surface area contributed by atoms with Crippen molar-refractivity contribution < 1.29 is 9.84 Å². The van der Waals surface area contributed by atoms with E-state index in [-0.39, 0.29) is 0 Å². The first-order valence-electron chi connectivity index (χ1n) is 4.39. The third-order valence-corrected chi connectivity index (χ3v) is 1.49. The van der Waals surface area contributed by atoms with Gasteiger partial charge in [0, 0.05) is 19.8 Å². The minimum absolute atomic E-state index is 0.319. The summed E-state index contributed by atoms with van der Waals surface area (Å²) in [5, 5.41) is 8.47. The van der Waals surface area contributed by atoms with E-state index in [9.17, 15) is 0 Å². The van der Waals surface area contributed by atoms with Crippen molar-refractivity contribution in [3.63, 3.8) is 0 Å². The summed E-state index contributed by atoms with van der Waals surface area (Å²) in [4.78, 5) is 0. The van der Waals surface area contributed by atoms with Gasteiger partial charge in [-0.05, 0) is 19.3 Å². The third kappa shape index (κ3) is 9.92. The smallest absolute Gasteiger partial charge is 0.0466 e. The summed E-state index contributed by atoms with van der Waals surface area (Å²) in [6.45, 7) is 5.62. The van der Waals surface area contributed by atoms with Gasteiger partial charge < -0.3 is 9.84 Å². The monoisotopic (exact) mass is 159 g/mol. The van der Waals surface area contributed by atoms with E-state index in [0.717, 1.165) is 45.3 Å². The predicted molar refractivity (Wildman–Crippen MR) is 46.3 cm³/mol. The van der Waals surface area contributed by atoms with E-state index < -0.39 is 0 Å². The van der Waals surface area contributed by atoms with Gasteiger partial charge in [-0.25, -0.2) is 0 Å². The van der Waals surface area contributed by atoms with Crippen LogP contribution in [0, 0.1) is 6.92 Å². The van der Waals surface area contributed by atoms with Gasteiger partial charge in [0.15, 0.2) is 0 Å². The number of aliphatic hydroxyl groups excluding tert-OH is 1. The molecule has 0 aromatic rings. The number of hydrogen-bond donors (Lipinski definition) is 1. The molecule has 0 rings (SSSR count). The molecule has 0 heterocycles. The minimum atomic E-state index is 0.319. The van der Waals surface area contributed by atoms with Crippen LogP contribution in [0.1, 0.15) is 32.1 Å². The maximum absolute atomic E-state index is 8.47. The maximum atomic E-state index is 8.47. The average molecular weight is 159 g/mol. The molecule has 11 heavy (non-hydrogen) atoms. The van der Waals surface area contributed by atoms with Gasteiger partial charge in [0.2, 0.25) is 0 Å². The molecule has 0 aliphatic carbocycles. The standard InChI is InChI=1S/C9H19O2/c1-2-8-11-9-6-4-3-5-7-10/h10H,1-9H2. The Labute approximate surface area is 69.6 Å². The van der Waals surface area contributed by atoms with Crippen molar-refractivity contribution in [1.29, 1.82) is 0 Å². The molecular weight excluding hydrogens is 140 g/mol. The molecule has 0 unspecified atom stereocenters. The molecule has 2 heteroatoms. The summed E-state index contributed by atoms with van der Waals surface area (Å²) in [6.07, 6.45) is 5.17. The highest BCUT2D eigenvalue weighted by atomic mass is 16.5. The van der Waals surface area contributed by atoms with Gasteiger partial charge in [-0.2, -0.15) is 0 Å². The van der Waals surface area contributed by atoms with Crippen LogP contribution in [0.5, 0.6) is 0 Å². The van der Waals surface area contributed by atoms with Crippen molar-refractivity contribution in [2.75, 3.05) is 19.8 Å². The van der Waals surface area contributed by atoms with Crippen molar-refractivity contribution in [3.05, 3.63) is 6.92 Å². The molecular formula is C9H19O2. The van der Waals surface area contributed by atoms with Crippen LogP contribution in [0.15, 0.2) is 0 Å². The number of unbranched alkanes of at least 4 members (excludes halogenated alkanes) is 3. The quantitative estimate of drug-likeness (QED) is 0.547. The molecule has 0 aliphatic rings. The summed E-state index contributed by atoms with van der Waals surface area (Å²) in [7, 11) is 0. The second-order valence-electron chi connectivity index (χ2n) is 2.60. The van der Waals surface area contributed by atoms with Crippen molar-refractivity contribution in [2.24, 2.45) is 0 Å². The van der Waals surface area contributed by atoms with Crippen LogP contribution in [-0.2, 0) is 4.74 Å². The van der Waals surface area contributed by atoms with E-state index in [1.165, 1.54) is 0 Å². The maximum Gasteiger partial charge on any atom is 0.0466 e. The van der Waals surface area contributed by atoms with Crippen LogP contribution in [0.3, 0.4) is 0 Å². The molecule has 1 N–H and O–H groups in total. The molecule has 0 fully saturated rings. The molecule has 0 aliphatic heterocycles. The van der Waals surface area contributed by atoms with E-state index >= 15 is 0 Å². The summed E-state index contributed by atoms with van der Waals surface area (Å²) in [5.74, 6) is 0. The van der Waals surface area contributed by atoms with Crippen molar-refractivity contribution >= 4 is 0 Å². The first kappa shape index (κ1) is 10.9. The highest BCUT2D eigenvalue weighted by molar-refractivity contribution is 4.42. The second kappa shape index (κ2) is 9.92. The van der Waals surface area contributed by atoms with Gasteiger partial charge in [0.25, 0.3) is 0 Å². The first-order valence-corrected chi connectivity index (χ1v) is 4.39.